The third kappa shape index (κ3) is 4.22. The molecule has 4 aromatic rings. The maximum Gasteiger partial charge on any atom is 0.271 e. The molecule has 0 radical (unpaired) electrons. The first-order valence-electron chi connectivity index (χ1n) is 11.4. The van der Waals surface area contributed by atoms with Crippen molar-refractivity contribution < 1.29 is 14.3 Å². The number of imidazole rings is 1. The zero-order valence-electron chi connectivity index (χ0n) is 20.3. The van der Waals surface area contributed by atoms with Crippen LogP contribution in [0.3, 0.4) is 0 Å². The van der Waals surface area contributed by atoms with E-state index in [4.69, 9.17) is 15.2 Å². The molecular weight excluding hydrogens is 462 g/mol. The second-order valence-corrected chi connectivity index (χ2v) is 8.25. The van der Waals surface area contributed by atoms with Gasteiger partial charge in [0.25, 0.3) is 5.91 Å². The number of ether oxygens (including phenoxy) is 2. The van der Waals surface area contributed by atoms with Crippen LogP contribution in [0.15, 0.2) is 36.9 Å². The van der Waals surface area contributed by atoms with Crippen molar-refractivity contribution >= 4 is 40.0 Å². The molecule has 0 unspecified atom stereocenters. The summed E-state index contributed by atoms with van der Waals surface area (Å²) in [4.78, 5) is 32.7. The highest BCUT2D eigenvalue weighted by Crippen LogP contribution is 2.35. The number of nitrogens with one attached hydrogen (secondary N) is 2. The summed E-state index contributed by atoms with van der Waals surface area (Å²) in [6.07, 6.45) is 5.06. The average Bonchev–Trinajstić information content (AvgIpc) is 3.29. The molecule has 3 aromatic heterocycles. The SMILES string of the molecule is CNc1nc(Nc2ccc(N3CCOCC3)cc2OC)c(C(N)=O)nc1-c1cncc2c1ncn2C. The summed E-state index contributed by atoms with van der Waals surface area (Å²) in [6.45, 7) is 2.97. The fraction of sp³-hybridized carbons (Fsp3) is 0.292. The molecule has 1 aliphatic rings. The molecule has 0 aliphatic carbocycles. The summed E-state index contributed by atoms with van der Waals surface area (Å²) in [5.41, 5.74) is 9.91. The van der Waals surface area contributed by atoms with Crippen LogP contribution in [0.1, 0.15) is 10.5 Å². The Balaban J connectivity index is 1.56. The van der Waals surface area contributed by atoms with E-state index >= 15 is 0 Å². The quantitative estimate of drug-likeness (QED) is 0.353. The van der Waals surface area contributed by atoms with Crippen molar-refractivity contribution in [3.63, 3.8) is 0 Å². The lowest BCUT2D eigenvalue weighted by Gasteiger charge is -2.29. The van der Waals surface area contributed by atoms with Gasteiger partial charge in [-0.1, -0.05) is 0 Å². The number of carbonyl (C=O) groups excluding carboxylic acids is 1. The van der Waals surface area contributed by atoms with Crippen LogP contribution < -0.4 is 26.0 Å². The summed E-state index contributed by atoms with van der Waals surface area (Å²) >= 11 is 0. The van der Waals surface area contributed by atoms with Gasteiger partial charge in [-0.25, -0.2) is 15.0 Å². The maximum absolute atomic E-state index is 12.5. The van der Waals surface area contributed by atoms with E-state index in [1.54, 1.807) is 32.9 Å². The van der Waals surface area contributed by atoms with Crippen LogP contribution in [0.25, 0.3) is 22.3 Å². The number of benzene rings is 1. The minimum absolute atomic E-state index is 0.0174. The molecule has 4 N–H and O–H groups in total. The Morgan fingerprint density at radius 3 is 2.69 bits per heavy atom. The molecule has 0 atom stereocenters. The van der Waals surface area contributed by atoms with Crippen LogP contribution in [-0.4, -0.2) is 70.9 Å². The number of carbonyl (C=O) groups is 1. The number of pyridine rings is 1. The number of hydrogen-bond acceptors (Lipinski definition) is 10. The summed E-state index contributed by atoms with van der Waals surface area (Å²) < 4.78 is 12.9. The van der Waals surface area contributed by atoms with E-state index in [-0.39, 0.29) is 11.5 Å². The van der Waals surface area contributed by atoms with Crippen molar-refractivity contribution in [3.8, 4) is 17.0 Å². The first kappa shape index (κ1) is 23.3. The van der Waals surface area contributed by atoms with Crippen molar-refractivity contribution in [1.29, 1.82) is 0 Å². The number of amides is 1. The van der Waals surface area contributed by atoms with Gasteiger partial charge in [-0.3, -0.25) is 9.78 Å². The lowest BCUT2D eigenvalue weighted by atomic mass is 10.1. The van der Waals surface area contributed by atoms with E-state index in [0.29, 0.717) is 47.2 Å². The Bertz CT molecular complexity index is 1430. The number of fused-ring (bicyclic) bond motifs is 1. The number of rotatable bonds is 7. The van der Waals surface area contributed by atoms with Crippen molar-refractivity contribution in [3.05, 3.63) is 42.6 Å². The third-order valence-corrected chi connectivity index (χ3v) is 6.07. The fourth-order valence-corrected chi connectivity index (χ4v) is 4.20. The fourth-order valence-electron chi connectivity index (χ4n) is 4.20. The van der Waals surface area contributed by atoms with Gasteiger partial charge in [0.2, 0.25) is 0 Å². The van der Waals surface area contributed by atoms with Crippen LogP contribution >= 0.6 is 0 Å². The minimum atomic E-state index is -0.723. The molecular formula is C24H27N9O3. The van der Waals surface area contributed by atoms with E-state index in [1.165, 1.54) is 0 Å². The highest BCUT2D eigenvalue weighted by molar-refractivity contribution is 5.99. The monoisotopic (exact) mass is 489 g/mol. The normalized spacial score (nSPS) is 13.6. The number of primary amides is 1. The van der Waals surface area contributed by atoms with Gasteiger partial charge in [0, 0.05) is 45.1 Å². The molecule has 1 fully saturated rings. The molecule has 1 aliphatic heterocycles. The van der Waals surface area contributed by atoms with Gasteiger partial charge < -0.3 is 35.3 Å². The van der Waals surface area contributed by atoms with Crippen LogP contribution in [0.4, 0.5) is 23.0 Å². The Morgan fingerprint density at radius 1 is 1.17 bits per heavy atom. The molecule has 0 spiro atoms. The zero-order chi connectivity index (χ0) is 25.2. The van der Waals surface area contributed by atoms with Crippen LogP contribution in [0.2, 0.25) is 0 Å². The predicted octanol–water partition coefficient (Wildman–Crippen LogP) is 2.15. The smallest absolute Gasteiger partial charge is 0.271 e. The highest BCUT2D eigenvalue weighted by atomic mass is 16.5. The van der Waals surface area contributed by atoms with Gasteiger partial charge in [-0.2, -0.15) is 0 Å². The number of hydrogen-bond donors (Lipinski definition) is 3. The van der Waals surface area contributed by atoms with Crippen molar-refractivity contribution in [2.45, 2.75) is 0 Å². The van der Waals surface area contributed by atoms with Gasteiger partial charge in [-0.15, -0.1) is 0 Å². The predicted molar refractivity (Wildman–Crippen MR) is 137 cm³/mol. The molecule has 0 bridgehead atoms. The number of nitrogens with zero attached hydrogens (tertiary/aromatic N) is 6. The number of methoxy groups -OCH3 is 1. The molecule has 0 saturated carbocycles. The summed E-state index contributed by atoms with van der Waals surface area (Å²) in [6, 6.07) is 5.79. The molecule has 1 amide bonds. The minimum Gasteiger partial charge on any atom is -0.494 e. The number of aryl methyl sites for hydroxylation is 1. The molecule has 1 aromatic carbocycles. The Labute approximate surface area is 207 Å². The molecule has 1 saturated heterocycles. The highest BCUT2D eigenvalue weighted by Gasteiger charge is 2.22. The molecule has 186 valence electrons. The van der Waals surface area contributed by atoms with Gasteiger partial charge >= 0.3 is 0 Å². The summed E-state index contributed by atoms with van der Waals surface area (Å²) in [7, 11) is 5.20. The van der Waals surface area contributed by atoms with E-state index in [1.807, 2.05) is 29.8 Å². The largest absolute Gasteiger partial charge is 0.494 e. The Hall–Kier alpha value is -4.45. The standard InChI is InChI=1S/C24H27N9O3/c1-26-23-20(15-11-27-12-17-19(15)28-13-32(17)2)30-21(22(25)34)24(31-23)29-16-5-4-14(10-18(16)35-3)33-6-8-36-9-7-33/h4-5,10-13H,6-9H2,1-3H3,(H2,25,34)(H2,26,29,31). The van der Waals surface area contributed by atoms with Gasteiger partial charge in [-0.05, 0) is 12.1 Å². The van der Waals surface area contributed by atoms with Gasteiger partial charge in [0.05, 0.1) is 49.6 Å². The van der Waals surface area contributed by atoms with Crippen LogP contribution in [-0.2, 0) is 11.8 Å². The Morgan fingerprint density at radius 2 is 1.97 bits per heavy atom. The molecule has 36 heavy (non-hydrogen) atoms. The first-order valence-corrected chi connectivity index (χ1v) is 11.4. The van der Waals surface area contributed by atoms with Crippen LogP contribution in [0.5, 0.6) is 5.75 Å². The maximum atomic E-state index is 12.5. The lowest BCUT2D eigenvalue weighted by molar-refractivity contribution is 0.0996. The van der Waals surface area contributed by atoms with E-state index in [0.717, 1.165) is 24.3 Å². The van der Waals surface area contributed by atoms with Crippen molar-refractivity contribution in [2.24, 2.45) is 12.8 Å². The van der Waals surface area contributed by atoms with Crippen molar-refractivity contribution in [2.75, 3.05) is 56.0 Å². The average molecular weight is 490 g/mol. The van der Waals surface area contributed by atoms with E-state index in [2.05, 4.69) is 35.5 Å². The first-order chi connectivity index (χ1) is 17.5. The van der Waals surface area contributed by atoms with Gasteiger partial charge in [0.15, 0.2) is 17.3 Å². The molecule has 12 nitrogen and oxygen atoms in total. The Kier molecular flexibility index (Phi) is 6.25. The topological polar surface area (TPSA) is 145 Å². The third-order valence-electron chi connectivity index (χ3n) is 6.07. The van der Waals surface area contributed by atoms with E-state index in [9.17, 15) is 4.79 Å². The number of anilines is 4. The van der Waals surface area contributed by atoms with Crippen molar-refractivity contribution in [1.82, 2.24) is 24.5 Å². The molecule has 5 rings (SSSR count). The number of aromatic nitrogens is 5. The molecule has 12 heteroatoms. The number of morpholine rings is 1. The zero-order valence-corrected chi connectivity index (χ0v) is 20.3. The number of nitrogens with two attached hydrogens (primary N) is 1. The molecule has 4 heterocycles. The summed E-state index contributed by atoms with van der Waals surface area (Å²) in [5.74, 6) is 0.508. The summed E-state index contributed by atoms with van der Waals surface area (Å²) in [5, 5.41) is 6.24. The van der Waals surface area contributed by atoms with Crippen LogP contribution in [0, 0.1) is 0 Å². The lowest BCUT2D eigenvalue weighted by Crippen LogP contribution is -2.36. The van der Waals surface area contributed by atoms with Gasteiger partial charge in [0.1, 0.15) is 17.0 Å². The van der Waals surface area contributed by atoms with E-state index < -0.39 is 5.91 Å². The second kappa shape index (κ2) is 9.66. The second-order valence-electron chi connectivity index (χ2n) is 8.25.